The fourth-order valence-corrected chi connectivity index (χ4v) is 3.20. The molecule has 6 nitrogen and oxygen atoms in total. The number of carbonyl (C=O) groups excluding carboxylic acids is 1. The van der Waals surface area contributed by atoms with Crippen LogP contribution in [0, 0.1) is 5.82 Å². The van der Waals surface area contributed by atoms with Gasteiger partial charge in [0.1, 0.15) is 10.7 Å². The number of halogens is 2. The van der Waals surface area contributed by atoms with Crippen molar-refractivity contribution in [2.45, 2.75) is 30.4 Å². The summed E-state index contributed by atoms with van der Waals surface area (Å²) in [6.45, 7) is 2.37. The van der Waals surface area contributed by atoms with Crippen molar-refractivity contribution in [2.24, 2.45) is 5.14 Å². The van der Waals surface area contributed by atoms with Crippen LogP contribution in [0.25, 0.3) is 0 Å². The average Bonchev–Trinajstić information content (AvgIpc) is 2.73. The van der Waals surface area contributed by atoms with Crippen LogP contribution in [0.4, 0.5) is 4.39 Å². The number of benzene rings is 1. The molecule has 1 saturated heterocycles. The van der Waals surface area contributed by atoms with Crippen LogP contribution in [0.3, 0.4) is 0 Å². The van der Waals surface area contributed by atoms with Gasteiger partial charge < -0.3 is 10.1 Å². The van der Waals surface area contributed by atoms with Crippen LogP contribution in [0.15, 0.2) is 21.5 Å². The van der Waals surface area contributed by atoms with Crippen molar-refractivity contribution in [3.63, 3.8) is 0 Å². The summed E-state index contributed by atoms with van der Waals surface area (Å²) in [6, 6.07) is 1.65. The minimum absolute atomic E-state index is 0.000440. The van der Waals surface area contributed by atoms with Gasteiger partial charge in [-0.3, -0.25) is 4.79 Å². The first-order chi connectivity index (χ1) is 9.70. The maximum absolute atomic E-state index is 13.6. The molecule has 0 spiro atoms. The number of amides is 1. The molecule has 3 N–H and O–H groups in total. The van der Waals surface area contributed by atoms with Crippen molar-refractivity contribution in [1.82, 2.24) is 5.32 Å². The molecule has 1 aromatic rings. The summed E-state index contributed by atoms with van der Waals surface area (Å²) in [7, 11) is -4.24. The average molecular weight is 381 g/mol. The van der Waals surface area contributed by atoms with Crippen molar-refractivity contribution < 1.29 is 22.3 Å². The fraction of sp³-hybridized carbons (Fsp3) is 0.417. The van der Waals surface area contributed by atoms with Crippen LogP contribution in [0.2, 0.25) is 0 Å². The van der Waals surface area contributed by atoms with E-state index in [2.05, 4.69) is 21.2 Å². The minimum Gasteiger partial charge on any atom is -0.376 e. The monoisotopic (exact) mass is 380 g/mol. The third-order valence-electron chi connectivity index (χ3n) is 3.27. The second kappa shape index (κ2) is 5.99. The van der Waals surface area contributed by atoms with Crippen LogP contribution in [0.5, 0.6) is 0 Å². The molecule has 0 radical (unpaired) electrons. The molecule has 21 heavy (non-hydrogen) atoms. The van der Waals surface area contributed by atoms with Gasteiger partial charge in [0.05, 0.1) is 17.7 Å². The number of nitrogens with one attached hydrogen (secondary N) is 1. The van der Waals surface area contributed by atoms with Crippen molar-refractivity contribution in [1.29, 1.82) is 0 Å². The Morgan fingerprint density at radius 1 is 1.52 bits per heavy atom. The standard InChI is InChI=1S/C12H14BrFN2O4S/c1-6-10(2-3-20-6)16-12(17)7-4-11(21(15,18)19)9(14)5-8(7)13/h4-6,10H,2-3H2,1H3,(H,16,17)(H2,15,18,19). The van der Waals surface area contributed by atoms with Gasteiger partial charge in [0, 0.05) is 11.1 Å². The maximum atomic E-state index is 13.6. The van der Waals surface area contributed by atoms with Gasteiger partial charge >= 0.3 is 0 Å². The molecule has 1 aliphatic rings. The predicted molar refractivity (Wildman–Crippen MR) is 76.8 cm³/mol. The number of carbonyl (C=O) groups is 1. The second-order valence-electron chi connectivity index (χ2n) is 4.75. The Balaban J connectivity index is 2.33. The SMILES string of the molecule is CC1OCCC1NC(=O)c1cc(S(N)(=O)=O)c(F)cc1Br. The number of rotatable bonds is 3. The molecular formula is C12H14BrFN2O4S. The highest BCUT2D eigenvalue weighted by atomic mass is 79.9. The summed E-state index contributed by atoms with van der Waals surface area (Å²) in [5.74, 6) is -1.53. The van der Waals surface area contributed by atoms with Gasteiger partial charge in [0.15, 0.2) is 0 Å². The summed E-state index contributed by atoms with van der Waals surface area (Å²) in [5.41, 5.74) is -0.000440. The van der Waals surface area contributed by atoms with E-state index < -0.39 is 26.6 Å². The molecule has 0 saturated carbocycles. The third kappa shape index (κ3) is 3.60. The molecule has 2 unspecified atom stereocenters. The van der Waals surface area contributed by atoms with Gasteiger partial charge in [-0.2, -0.15) is 0 Å². The Kier molecular flexibility index (Phi) is 4.66. The van der Waals surface area contributed by atoms with Crippen LogP contribution in [-0.4, -0.2) is 33.1 Å². The minimum atomic E-state index is -4.24. The number of hydrogen-bond donors (Lipinski definition) is 2. The highest BCUT2D eigenvalue weighted by molar-refractivity contribution is 9.10. The lowest BCUT2D eigenvalue weighted by molar-refractivity contribution is 0.0865. The number of primary sulfonamides is 1. The highest BCUT2D eigenvalue weighted by Gasteiger charge is 2.27. The van der Waals surface area contributed by atoms with E-state index in [4.69, 9.17) is 9.88 Å². The van der Waals surface area contributed by atoms with Crippen LogP contribution < -0.4 is 10.5 Å². The first kappa shape index (κ1) is 16.3. The summed E-state index contributed by atoms with van der Waals surface area (Å²) in [4.78, 5) is 11.5. The second-order valence-corrected chi connectivity index (χ2v) is 7.14. The van der Waals surface area contributed by atoms with E-state index in [1.807, 2.05) is 6.92 Å². The van der Waals surface area contributed by atoms with E-state index in [0.29, 0.717) is 13.0 Å². The van der Waals surface area contributed by atoms with Gasteiger partial charge in [-0.25, -0.2) is 17.9 Å². The van der Waals surface area contributed by atoms with Crippen LogP contribution in [-0.2, 0) is 14.8 Å². The van der Waals surface area contributed by atoms with E-state index >= 15 is 0 Å². The molecule has 2 rings (SSSR count). The Hall–Kier alpha value is -1.03. The van der Waals surface area contributed by atoms with E-state index in [0.717, 1.165) is 12.1 Å². The molecule has 1 fully saturated rings. The van der Waals surface area contributed by atoms with Gasteiger partial charge in [0.2, 0.25) is 10.0 Å². The Morgan fingerprint density at radius 3 is 2.71 bits per heavy atom. The normalized spacial score (nSPS) is 22.3. The quantitative estimate of drug-likeness (QED) is 0.821. The number of ether oxygens (including phenoxy) is 1. The number of sulfonamides is 1. The molecule has 2 atom stereocenters. The number of hydrogen-bond acceptors (Lipinski definition) is 4. The maximum Gasteiger partial charge on any atom is 0.252 e. The lowest BCUT2D eigenvalue weighted by atomic mass is 10.1. The topological polar surface area (TPSA) is 98.5 Å². The number of nitrogens with two attached hydrogens (primary N) is 1. The molecule has 1 aromatic carbocycles. The highest BCUT2D eigenvalue weighted by Crippen LogP contribution is 2.24. The Labute approximate surface area is 130 Å². The van der Waals surface area contributed by atoms with Crippen molar-refractivity contribution >= 4 is 31.9 Å². The van der Waals surface area contributed by atoms with Crippen molar-refractivity contribution in [2.75, 3.05) is 6.61 Å². The first-order valence-corrected chi connectivity index (χ1v) is 8.48. The Morgan fingerprint density at radius 2 is 2.19 bits per heavy atom. The zero-order chi connectivity index (χ0) is 15.8. The molecule has 0 aromatic heterocycles. The molecule has 1 heterocycles. The third-order valence-corrected chi connectivity index (χ3v) is 4.85. The van der Waals surface area contributed by atoms with Crippen LogP contribution in [0.1, 0.15) is 23.7 Å². The summed E-state index contributed by atoms with van der Waals surface area (Å²) >= 11 is 3.05. The zero-order valence-electron chi connectivity index (χ0n) is 11.1. The molecule has 0 aliphatic carbocycles. The van der Waals surface area contributed by atoms with Crippen LogP contribution >= 0.6 is 15.9 Å². The smallest absolute Gasteiger partial charge is 0.252 e. The molecule has 9 heteroatoms. The fourth-order valence-electron chi connectivity index (χ4n) is 2.09. The predicted octanol–water partition coefficient (Wildman–Crippen LogP) is 1.14. The van der Waals surface area contributed by atoms with E-state index in [-0.39, 0.29) is 22.2 Å². The molecular weight excluding hydrogens is 367 g/mol. The van der Waals surface area contributed by atoms with Crippen molar-refractivity contribution in [3.05, 3.63) is 28.0 Å². The van der Waals surface area contributed by atoms with Gasteiger partial charge in [-0.15, -0.1) is 0 Å². The van der Waals surface area contributed by atoms with E-state index in [1.54, 1.807) is 0 Å². The molecule has 116 valence electrons. The lowest BCUT2D eigenvalue weighted by Gasteiger charge is -2.17. The summed E-state index contributed by atoms with van der Waals surface area (Å²) in [6.07, 6.45) is 0.527. The largest absolute Gasteiger partial charge is 0.376 e. The molecule has 1 aliphatic heterocycles. The van der Waals surface area contributed by atoms with Gasteiger partial charge in [0.25, 0.3) is 5.91 Å². The van der Waals surface area contributed by atoms with Gasteiger partial charge in [-0.05, 0) is 41.4 Å². The van der Waals surface area contributed by atoms with E-state index in [9.17, 15) is 17.6 Å². The lowest BCUT2D eigenvalue weighted by Crippen LogP contribution is -2.39. The first-order valence-electron chi connectivity index (χ1n) is 6.14. The zero-order valence-corrected chi connectivity index (χ0v) is 13.5. The molecule has 0 bridgehead atoms. The summed E-state index contributed by atoms with van der Waals surface area (Å²) in [5, 5.41) is 7.66. The summed E-state index contributed by atoms with van der Waals surface area (Å²) < 4.78 is 41.7. The van der Waals surface area contributed by atoms with E-state index in [1.165, 1.54) is 0 Å². The Bertz CT molecular complexity index is 680. The molecule has 1 amide bonds. The van der Waals surface area contributed by atoms with Crippen molar-refractivity contribution in [3.8, 4) is 0 Å². The van der Waals surface area contributed by atoms with Gasteiger partial charge in [-0.1, -0.05) is 0 Å².